The lowest BCUT2D eigenvalue weighted by Crippen LogP contribution is -1.93. The van der Waals surface area contributed by atoms with Gasteiger partial charge in [-0.3, -0.25) is 0 Å². The van der Waals surface area contributed by atoms with Crippen LogP contribution >= 0.6 is 0 Å². The molecule has 0 atom stereocenters. The Morgan fingerprint density at radius 2 is 1.82 bits per heavy atom. The van der Waals surface area contributed by atoms with Gasteiger partial charge in [-0.05, 0) is 29.3 Å². The molecule has 2 aromatic rings. The van der Waals surface area contributed by atoms with Gasteiger partial charge in [-0.2, -0.15) is 0 Å². The van der Waals surface area contributed by atoms with Crippen molar-refractivity contribution in [2.75, 3.05) is 6.79 Å². The fourth-order valence-electron chi connectivity index (χ4n) is 1.91. The molecule has 0 fully saturated rings. The summed E-state index contributed by atoms with van der Waals surface area (Å²) < 4.78 is 24.0. The van der Waals surface area contributed by atoms with E-state index in [1.165, 1.54) is 6.07 Å². The Morgan fingerprint density at radius 1 is 1.00 bits per heavy atom. The van der Waals surface area contributed by atoms with Crippen LogP contribution in [0.2, 0.25) is 0 Å². The summed E-state index contributed by atoms with van der Waals surface area (Å²) >= 11 is 0. The first-order valence-corrected chi connectivity index (χ1v) is 5.45. The minimum Gasteiger partial charge on any atom is -0.454 e. The average Bonchev–Trinajstić information content (AvgIpc) is 2.79. The van der Waals surface area contributed by atoms with Crippen molar-refractivity contribution in [2.45, 2.75) is 6.42 Å². The molecule has 1 aliphatic heterocycles. The van der Waals surface area contributed by atoms with Gasteiger partial charge in [0.1, 0.15) is 5.82 Å². The van der Waals surface area contributed by atoms with Gasteiger partial charge in [-0.25, -0.2) is 4.39 Å². The lowest BCUT2D eigenvalue weighted by Gasteiger charge is -2.04. The SMILES string of the molecule is Fc1ccccc1Cc1ccc2c(c1)OCO2. The van der Waals surface area contributed by atoms with Crippen LogP contribution in [0.25, 0.3) is 0 Å². The Bertz CT molecular complexity index is 552. The molecule has 0 aromatic heterocycles. The van der Waals surface area contributed by atoms with Gasteiger partial charge in [0.25, 0.3) is 0 Å². The molecule has 0 bridgehead atoms. The van der Waals surface area contributed by atoms with Gasteiger partial charge in [-0.15, -0.1) is 0 Å². The predicted octanol–water partition coefficient (Wildman–Crippen LogP) is 3.15. The predicted molar refractivity (Wildman–Crippen MR) is 61.8 cm³/mol. The standard InChI is InChI=1S/C14H11FO2/c15-12-4-2-1-3-11(12)7-10-5-6-13-14(8-10)17-9-16-13/h1-6,8H,7,9H2. The van der Waals surface area contributed by atoms with Crippen molar-refractivity contribution < 1.29 is 13.9 Å². The highest BCUT2D eigenvalue weighted by Crippen LogP contribution is 2.33. The van der Waals surface area contributed by atoms with E-state index in [4.69, 9.17) is 9.47 Å². The molecular formula is C14H11FO2. The minimum absolute atomic E-state index is 0.176. The summed E-state index contributed by atoms with van der Waals surface area (Å²) in [6.45, 7) is 0.262. The first-order valence-electron chi connectivity index (χ1n) is 5.45. The molecule has 17 heavy (non-hydrogen) atoms. The third-order valence-electron chi connectivity index (χ3n) is 2.79. The van der Waals surface area contributed by atoms with Crippen LogP contribution < -0.4 is 9.47 Å². The molecule has 0 spiro atoms. The van der Waals surface area contributed by atoms with E-state index >= 15 is 0 Å². The summed E-state index contributed by atoms with van der Waals surface area (Å²) in [6.07, 6.45) is 0.559. The molecule has 0 N–H and O–H groups in total. The topological polar surface area (TPSA) is 18.5 Å². The van der Waals surface area contributed by atoms with Crippen LogP contribution in [0.1, 0.15) is 11.1 Å². The van der Waals surface area contributed by atoms with Crippen molar-refractivity contribution in [1.29, 1.82) is 0 Å². The van der Waals surface area contributed by atoms with E-state index in [-0.39, 0.29) is 12.6 Å². The smallest absolute Gasteiger partial charge is 0.231 e. The molecule has 0 aliphatic carbocycles. The molecule has 86 valence electrons. The molecule has 3 heteroatoms. The molecule has 1 aliphatic rings. The van der Waals surface area contributed by atoms with Crippen LogP contribution in [0.3, 0.4) is 0 Å². The fourth-order valence-corrected chi connectivity index (χ4v) is 1.91. The van der Waals surface area contributed by atoms with E-state index in [1.807, 2.05) is 24.3 Å². The molecule has 0 saturated heterocycles. The second kappa shape index (κ2) is 4.09. The summed E-state index contributed by atoms with van der Waals surface area (Å²) in [5.74, 6) is 1.31. The number of ether oxygens (including phenoxy) is 2. The number of rotatable bonds is 2. The highest BCUT2D eigenvalue weighted by atomic mass is 19.1. The first kappa shape index (κ1) is 10.1. The van der Waals surface area contributed by atoms with Crippen LogP contribution in [0.4, 0.5) is 4.39 Å². The van der Waals surface area contributed by atoms with E-state index in [0.717, 1.165) is 17.1 Å². The Kier molecular flexibility index (Phi) is 2.44. The van der Waals surface area contributed by atoms with Crippen molar-refractivity contribution in [3.63, 3.8) is 0 Å². The van der Waals surface area contributed by atoms with Crippen molar-refractivity contribution in [3.8, 4) is 11.5 Å². The second-order valence-corrected chi connectivity index (χ2v) is 3.96. The van der Waals surface area contributed by atoms with Crippen LogP contribution in [0.15, 0.2) is 42.5 Å². The zero-order chi connectivity index (χ0) is 11.7. The number of halogens is 1. The van der Waals surface area contributed by atoms with Crippen LogP contribution in [0, 0.1) is 5.82 Å². The van der Waals surface area contributed by atoms with E-state index in [0.29, 0.717) is 12.0 Å². The van der Waals surface area contributed by atoms with Crippen molar-refractivity contribution >= 4 is 0 Å². The summed E-state index contributed by atoms with van der Waals surface area (Å²) in [6, 6.07) is 12.5. The van der Waals surface area contributed by atoms with Crippen molar-refractivity contribution in [2.24, 2.45) is 0 Å². The van der Waals surface area contributed by atoms with Gasteiger partial charge in [0, 0.05) is 6.42 Å². The van der Waals surface area contributed by atoms with Gasteiger partial charge in [-0.1, -0.05) is 24.3 Å². The molecule has 1 heterocycles. The highest BCUT2D eigenvalue weighted by molar-refractivity contribution is 5.45. The third-order valence-corrected chi connectivity index (χ3v) is 2.79. The Balaban J connectivity index is 1.89. The Morgan fingerprint density at radius 3 is 2.71 bits per heavy atom. The molecule has 3 rings (SSSR count). The number of benzene rings is 2. The van der Waals surface area contributed by atoms with Crippen LogP contribution in [-0.2, 0) is 6.42 Å². The van der Waals surface area contributed by atoms with Gasteiger partial charge in [0.05, 0.1) is 0 Å². The normalized spacial score (nSPS) is 12.8. The second-order valence-electron chi connectivity index (χ2n) is 3.96. The summed E-state index contributed by atoms with van der Waals surface area (Å²) in [5.41, 5.74) is 1.70. The molecule has 2 nitrogen and oxygen atoms in total. The lowest BCUT2D eigenvalue weighted by molar-refractivity contribution is 0.174. The monoisotopic (exact) mass is 230 g/mol. The molecule has 2 aromatic carbocycles. The summed E-state index contributed by atoms with van der Waals surface area (Å²) in [4.78, 5) is 0. The molecule has 0 unspecified atom stereocenters. The first-order chi connectivity index (χ1) is 8.33. The summed E-state index contributed by atoms with van der Waals surface area (Å²) in [7, 11) is 0. The fraction of sp³-hybridized carbons (Fsp3) is 0.143. The van der Waals surface area contributed by atoms with E-state index < -0.39 is 0 Å². The van der Waals surface area contributed by atoms with Gasteiger partial charge < -0.3 is 9.47 Å². The van der Waals surface area contributed by atoms with Crippen molar-refractivity contribution in [1.82, 2.24) is 0 Å². The summed E-state index contributed by atoms with van der Waals surface area (Å²) in [5, 5.41) is 0. The van der Waals surface area contributed by atoms with E-state index in [1.54, 1.807) is 12.1 Å². The largest absolute Gasteiger partial charge is 0.454 e. The minimum atomic E-state index is -0.176. The quantitative estimate of drug-likeness (QED) is 0.789. The van der Waals surface area contributed by atoms with Gasteiger partial charge in [0.15, 0.2) is 11.5 Å². The molecule has 0 saturated carbocycles. The van der Waals surface area contributed by atoms with Crippen molar-refractivity contribution in [3.05, 3.63) is 59.4 Å². The number of fused-ring (bicyclic) bond motifs is 1. The Labute approximate surface area is 98.6 Å². The van der Waals surface area contributed by atoms with E-state index in [9.17, 15) is 4.39 Å². The zero-order valence-electron chi connectivity index (χ0n) is 9.15. The van der Waals surface area contributed by atoms with Crippen LogP contribution in [-0.4, -0.2) is 6.79 Å². The molecule has 0 amide bonds. The maximum absolute atomic E-state index is 13.5. The number of hydrogen-bond acceptors (Lipinski definition) is 2. The van der Waals surface area contributed by atoms with Gasteiger partial charge in [0.2, 0.25) is 6.79 Å². The number of hydrogen-bond donors (Lipinski definition) is 0. The van der Waals surface area contributed by atoms with E-state index in [2.05, 4.69) is 0 Å². The third kappa shape index (κ3) is 1.96. The molecular weight excluding hydrogens is 219 g/mol. The van der Waals surface area contributed by atoms with Gasteiger partial charge >= 0.3 is 0 Å². The Hall–Kier alpha value is -2.03. The van der Waals surface area contributed by atoms with Crippen LogP contribution in [0.5, 0.6) is 11.5 Å². The average molecular weight is 230 g/mol. The lowest BCUT2D eigenvalue weighted by atomic mass is 10.0. The zero-order valence-corrected chi connectivity index (χ0v) is 9.15. The maximum atomic E-state index is 13.5. The highest BCUT2D eigenvalue weighted by Gasteiger charge is 2.13. The maximum Gasteiger partial charge on any atom is 0.231 e. The molecule has 0 radical (unpaired) electrons.